The molecule has 0 aliphatic carbocycles. The Balaban J connectivity index is 1.96. The third kappa shape index (κ3) is 3.43. The molecule has 0 fully saturated rings. The number of anilines is 1. The highest BCUT2D eigenvalue weighted by atomic mass is 16.1. The average molecular weight is 320 g/mol. The number of benzene rings is 2. The first-order valence-electron chi connectivity index (χ1n) is 7.99. The second kappa shape index (κ2) is 6.40. The van der Waals surface area contributed by atoms with Crippen LogP contribution in [0.25, 0.3) is 0 Å². The Morgan fingerprint density at radius 1 is 1.21 bits per heavy atom. The molecular weight excluding hydrogens is 300 g/mol. The maximum atomic E-state index is 12.6. The number of carbonyl (C=O) groups excluding carboxylic acids is 2. The van der Waals surface area contributed by atoms with E-state index in [0.717, 1.165) is 23.3 Å². The van der Waals surface area contributed by atoms with Gasteiger partial charge in [-0.15, -0.1) is 0 Å². The van der Waals surface area contributed by atoms with Gasteiger partial charge in [0.15, 0.2) is 5.78 Å². The number of carbonyl (C=O) groups is 2. The molecule has 0 radical (unpaired) electrons. The molecule has 1 aliphatic heterocycles. The zero-order valence-corrected chi connectivity index (χ0v) is 13.9. The Kier molecular flexibility index (Phi) is 4.30. The van der Waals surface area contributed by atoms with E-state index in [9.17, 15) is 9.59 Å². The molecule has 1 N–H and O–H groups in total. The number of fused-ring (bicyclic) bond motifs is 1. The second-order valence-electron chi connectivity index (χ2n) is 6.65. The highest BCUT2D eigenvalue weighted by Gasteiger charge is 2.28. The number of ketones is 1. The Labute approximate surface area is 141 Å². The number of nitrogens with one attached hydrogen (secondary N) is 1. The van der Waals surface area contributed by atoms with E-state index in [-0.39, 0.29) is 17.7 Å². The molecule has 4 nitrogen and oxygen atoms in total. The quantitative estimate of drug-likeness (QED) is 0.675. The summed E-state index contributed by atoms with van der Waals surface area (Å²) in [6, 6.07) is 15.0. The van der Waals surface area contributed by atoms with Gasteiger partial charge in [-0.1, -0.05) is 36.4 Å². The maximum absolute atomic E-state index is 12.6. The average Bonchev–Trinajstić information content (AvgIpc) is 2.55. The third-order valence-electron chi connectivity index (χ3n) is 4.13. The number of Topliss-reactive ketones (excluding diaryl/α,β-unsaturated/α-hetero) is 1. The van der Waals surface area contributed by atoms with E-state index in [1.54, 1.807) is 0 Å². The van der Waals surface area contributed by atoms with Crippen LogP contribution >= 0.6 is 0 Å². The van der Waals surface area contributed by atoms with E-state index in [4.69, 9.17) is 4.99 Å². The monoisotopic (exact) mass is 320 g/mol. The fourth-order valence-corrected chi connectivity index (χ4v) is 3.10. The number of rotatable bonds is 5. The Bertz CT molecular complexity index is 808. The van der Waals surface area contributed by atoms with E-state index >= 15 is 0 Å². The van der Waals surface area contributed by atoms with Crippen molar-refractivity contribution in [3.63, 3.8) is 0 Å². The molecular formula is C20H20N2O2. The number of hydrogen-bond donors (Lipinski definition) is 1. The molecule has 0 saturated carbocycles. The summed E-state index contributed by atoms with van der Waals surface area (Å²) in [6.45, 7) is 4.14. The van der Waals surface area contributed by atoms with Crippen LogP contribution in [-0.2, 0) is 11.2 Å². The molecule has 2 aromatic carbocycles. The summed E-state index contributed by atoms with van der Waals surface area (Å²) in [5.41, 5.74) is 4.05. The van der Waals surface area contributed by atoms with Crippen molar-refractivity contribution >= 4 is 23.6 Å². The van der Waals surface area contributed by atoms with Crippen LogP contribution in [0, 0.1) is 0 Å². The van der Waals surface area contributed by atoms with Gasteiger partial charge in [-0.3, -0.25) is 14.6 Å². The summed E-state index contributed by atoms with van der Waals surface area (Å²) in [5.74, 6) is 0.0479. The molecule has 0 atom stereocenters. The molecule has 0 saturated heterocycles. The van der Waals surface area contributed by atoms with Gasteiger partial charge < -0.3 is 5.32 Å². The molecule has 0 unspecified atom stereocenters. The van der Waals surface area contributed by atoms with Crippen LogP contribution < -0.4 is 5.32 Å². The second-order valence-corrected chi connectivity index (χ2v) is 6.65. The van der Waals surface area contributed by atoms with Crippen molar-refractivity contribution in [1.82, 2.24) is 0 Å². The van der Waals surface area contributed by atoms with E-state index in [0.29, 0.717) is 17.7 Å². The van der Waals surface area contributed by atoms with Crippen molar-refractivity contribution in [3.05, 3.63) is 65.2 Å². The maximum Gasteiger partial charge on any atom is 0.211 e. The SMILES string of the molecule is CC1(C)Cc2ccc(NC=O)cc2C(CC(=O)c2ccccc2)=N1. The number of amides is 1. The van der Waals surface area contributed by atoms with Crippen molar-refractivity contribution in [2.24, 2.45) is 4.99 Å². The van der Waals surface area contributed by atoms with Gasteiger partial charge in [0.1, 0.15) is 0 Å². The first kappa shape index (κ1) is 16.1. The fourth-order valence-electron chi connectivity index (χ4n) is 3.10. The summed E-state index contributed by atoms with van der Waals surface area (Å²) < 4.78 is 0. The smallest absolute Gasteiger partial charge is 0.211 e. The van der Waals surface area contributed by atoms with Crippen LogP contribution in [0.2, 0.25) is 0 Å². The van der Waals surface area contributed by atoms with Gasteiger partial charge in [0.25, 0.3) is 0 Å². The van der Waals surface area contributed by atoms with Crippen molar-refractivity contribution in [3.8, 4) is 0 Å². The van der Waals surface area contributed by atoms with Crippen molar-refractivity contribution < 1.29 is 9.59 Å². The molecule has 3 rings (SSSR count). The van der Waals surface area contributed by atoms with Gasteiger partial charge in [0.2, 0.25) is 6.41 Å². The van der Waals surface area contributed by atoms with Crippen LogP contribution in [0.5, 0.6) is 0 Å². The molecule has 4 heteroatoms. The van der Waals surface area contributed by atoms with Gasteiger partial charge >= 0.3 is 0 Å². The van der Waals surface area contributed by atoms with Gasteiger partial charge in [-0.25, -0.2) is 0 Å². The van der Waals surface area contributed by atoms with Crippen molar-refractivity contribution in [2.75, 3.05) is 5.32 Å². The lowest BCUT2D eigenvalue weighted by Crippen LogP contribution is -2.30. The predicted molar refractivity (Wildman–Crippen MR) is 95.8 cm³/mol. The molecule has 0 bridgehead atoms. The van der Waals surface area contributed by atoms with E-state index in [1.165, 1.54) is 0 Å². The first-order valence-corrected chi connectivity index (χ1v) is 7.99. The summed E-state index contributed by atoms with van der Waals surface area (Å²) in [5, 5.41) is 2.66. The Hall–Kier alpha value is -2.75. The van der Waals surface area contributed by atoms with E-state index < -0.39 is 0 Å². The lowest BCUT2D eigenvalue weighted by Gasteiger charge is -2.29. The normalized spacial score (nSPS) is 15.2. The topological polar surface area (TPSA) is 58.5 Å². The Morgan fingerprint density at radius 2 is 1.96 bits per heavy atom. The van der Waals surface area contributed by atoms with Crippen molar-refractivity contribution in [1.29, 1.82) is 0 Å². The standard InChI is InChI=1S/C20H20N2O2/c1-20(2)12-15-8-9-16(21-13-23)10-17(15)18(22-20)11-19(24)14-6-4-3-5-7-14/h3-10,13H,11-12H2,1-2H3,(H,21,23). The molecule has 1 heterocycles. The van der Waals surface area contributed by atoms with Gasteiger partial charge in [-0.05, 0) is 38.0 Å². The summed E-state index contributed by atoms with van der Waals surface area (Å²) >= 11 is 0. The number of hydrogen-bond acceptors (Lipinski definition) is 3. The molecule has 0 spiro atoms. The highest BCUT2D eigenvalue weighted by molar-refractivity contribution is 6.17. The van der Waals surface area contributed by atoms with Gasteiger partial charge in [0.05, 0.1) is 17.7 Å². The lowest BCUT2D eigenvalue weighted by molar-refractivity contribution is -0.105. The first-order chi connectivity index (χ1) is 11.5. The minimum absolute atomic E-state index is 0.0479. The molecule has 2 aromatic rings. The van der Waals surface area contributed by atoms with Crippen LogP contribution in [0.15, 0.2) is 53.5 Å². The van der Waals surface area contributed by atoms with E-state index in [1.807, 2.05) is 48.5 Å². The predicted octanol–water partition coefficient (Wildman–Crippen LogP) is 3.65. The summed E-state index contributed by atoms with van der Waals surface area (Å²) in [6.07, 6.45) is 1.72. The van der Waals surface area contributed by atoms with Crippen LogP contribution in [0.3, 0.4) is 0 Å². The van der Waals surface area contributed by atoms with Gasteiger partial charge in [0, 0.05) is 16.8 Å². The Morgan fingerprint density at radius 3 is 2.67 bits per heavy atom. The highest BCUT2D eigenvalue weighted by Crippen LogP contribution is 2.30. The van der Waals surface area contributed by atoms with Crippen LogP contribution in [0.4, 0.5) is 5.69 Å². The van der Waals surface area contributed by atoms with Crippen LogP contribution in [0.1, 0.15) is 41.8 Å². The molecule has 1 amide bonds. The fraction of sp³-hybridized carbons (Fsp3) is 0.250. The summed E-state index contributed by atoms with van der Waals surface area (Å²) in [7, 11) is 0. The van der Waals surface area contributed by atoms with E-state index in [2.05, 4.69) is 19.2 Å². The minimum atomic E-state index is -0.237. The summed E-state index contributed by atoms with van der Waals surface area (Å²) in [4.78, 5) is 28.1. The zero-order valence-electron chi connectivity index (χ0n) is 13.9. The minimum Gasteiger partial charge on any atom is -0.329 e. The largest absolute Gasteiger partial charge is 0.329 e. The number of nitrogens with zero attached hydrogens (tertiary/aromatic N) is 1. The zero-order chi connectivity index (χ0) is 17.2. The molecule has 24 heavy (non-hydrogen) atoms. The molecule has 0 aromatic heterocycles. The van der Waals surface area contributed by atoms with Gasteiger partial charge in [-0.2, -0.15) is 0 Å². The molecule has 1 aliphatic rings. The lowest BCUT2D eigenvalue weighted by atomic mass is 9.85. The third-order valence-corrected chi connectivity index (χ3v) is 4.13. The molecule has 122 valence electrons. The van der Waals surface area contributed by atoms with Crippen LogP contribution in [-0.4, -0.2) is 23.4 Å². The number of aliphatic imine (C=N–C) groups is 1. The van der Waals surface area contributed by atoms with Crippen molar-refractivity contribution in [2.45, 2.75) is 32.2 Å².